The van der Waals surface area contributed by atoms with Gasteiger partial charge in [0.1, 0.15) is 5.75 Å². The highest BCUT2D eigenvalue weighted by molar-refractivity contribution is 5.30. The highest BCUT2D eigenvalue weighted by Gasteiger charge is 2.24. The van der Waals surface area contributed by atoms with Gasteiger partial charge in [-0.15, -0.1) is 0 Å². The number of nitrogens with zero attached hydrogens (tertiary/aromatic N) is 1. The van der Waals surface area contributed by atoms with E-state index in [1.54, 1.807) is 7.11 Å². The van der Waals surface area contributed by atoms with Crippen LogP contribution in [0.1, 0.15) is 51.1 Å². The fourth-order valence-corrected chi connectivity index (χ4v) is 3.39. The summed E-state index contributed by atoms with van der Waals surface area (Å²) < 4.78 is 5.37. The second-order valence-corrected chi connectivity index (χ2v) is 5.94. The van der Waals surface area contributed by atoms with Crippen molar-refractivity contribution in [1.82, 2.24) is 10.2 Å². The first-order valence-corrected chi connectivity index (χ1v) is 8.39. The molecule has 2 unspecified atom stereocenters. The third kappa shape index (κ3) is 4.45. The van der Waals surface area contributed by atoms with Crippen LogP contribution >= 0.6 is 0 Å². The van der Waals surface area contributed by atoms with Crippen LogP contribution in [-0.2, 0) is 0 Å². The minimum Gasteiger partial charge on any atom is -0.497 e. The van der Waals surface area contributed by atoms with Gasteiger partial charge < -0.3 is 10.1 Å². The molecule has 1 aromatic rings. The Morgan fingerprint density at radius 3 is 2.90 bits per heavy atom. The minimum atomic E-state index is 0.386. The molecule has 0 spiro atoms. The lowest BCUT2D eigenvalue weighted by molar-refractivity contribution is 0.129. The highest BCUT2D eigenvalue weighted by Crippen LogP contribution is 2.25. The van der Waals surface area contributed by atoms with Gasteiger partial charge in [-0.3, -0.25) is 4.90 Å². The van der Waals surface area contributed by atoms with Gasteiger partial charge in [-0.25, -0.2) is 0 Å². The van der Waals surface area contributed by atoms with Gasteiger partial charge in [0.25, 0.3) is 0 Å². The Balaban J connectivity index is 2.10. The summed E-state index contributed by atoms with van der Waals surface area (Å²) in [5, 5.41) is 3.64. The van der Waals surface area contributed by atoms with E-state index in [2.05, 4.69) is 42.3 Å². The summed E-state index contributed by atoms with van der Waals surface area (Å²) in [5.74, 6) is 0.945. The lowest BCUT2D eigenvalue weighted by Gasteiger charge is -2.37. The molecule has 0 saturated carbocycles. The third-order valence-corrected chi connectivity index (χ3v) is 4.58. The highest BCUT2D eigenvalue weighted by atomic mass is 16.5. The van der Waals surface area contributed by atoms with E-state index < -0.39 is 0 Å². The molecule has 0 amide bonds. The van der Waals surface area contributed by atoms with Crippen LogP contribution < -0.4 is 10.1 Å². The topological polar surface area (TPSA) is 24.5 Å². The molecule has 21 heavy (non-hydrogen) atoms. The molecule has 1 aromatic carbocycles. The maximum Gasteiger partial charge on any atom is 0.119 e. The van der Waals surface area contributed by atoms with Gasteiger partial charge in [0.05, 0.1) is 7.11 Å². The number of nitrogens with one attached hydrogen (secondary N) is 1. The summed E-state index contributed by atoms with van der Waals surface area (Å²) in [6, 6.07) is 9.62. The van der Waals surface area contributed by atoms with E-state index in [1.165, 1.54) is 37.8 Å². The summed E-state index contributed by atoms with van der Waals surface area (Å²) in [4.78, 5) is 2.68. The Morgan fingerprint density at radius 1 is 1.33 bits per heavy atom. The van der Waals surface area contributed by atoms with Crippen molar-refractivity contribution in [2.45, 2.75) is 51.6 Å². The van der Waals surface area contributed by atoms with Gasteiger partial charge in [-0.2, -0.15) is 0 Å². The van der Waals surface area contributed by atoms with Gasteiger partial charge in [-0.1, -0.05) is 32.4 Å². The smallest absolute Gasteiger partial charge is 0.119 e. The molecule has 3 heteroatoms. The lowest BCUT2D eigenvalue weighted by Crippen LogP contribution is -2.44. The van der Waals surface area contributed by atoms with Crippen LogP contribution in [0.5, 0.6) is 5.75 Å². The number of likely N-dealkylation sites (tertiary alicyclic amines) is 1. The second-order valence-electron chi connectivity index (χ2n) is 5.94. The molecule has 0 bridgehead atoms. The Labute approximate surface area is 129 Å². The molecular weight excluding hydrogens is 260 g/mol. The monoisotopic (exact) mass is 290 g/mol. The predicted octanol–water partition coefficient (Wildman–Crippen LogP) is 3.61. The van der Waals surface area contributed by atoms with Gasteiger partial charge >= 0.3 is 0 Å². The Morgan fingerprint density at radius 2 is 2.19 bits per heavy atom. The molecule has 0 aromatic heterocycles. The summed E-state index contributed by atoms with van der Waals surface area (Å²) >= 11 is 0. The molecule has 1 N–H and O–H groups in total. The van der Waals surface area contributed by atoms with Crippen molar-refractivity contribution in [3.8, 4) is 5.75 Å². The molecule has 1 fully saturated rings. The van der Waals surface area contributed by atoms with Crippen LogP contribution in [0.3, 0.4) is 0 Å². The van der Waals surface area contributed by atoms with Gasteiger partial charge in [0, 0.05) is 18.6 Å². The number of likely N-dealkylation sites (N-methyl/N-ethyl adjacent to an activating group) is 1. The molecule has 1 aliphatic heterocycles. The molecule has 1 heterocycles. The van der Waals surface area contributed by atoms with Crippen molar-refractivity contribution in [3.05, 3.63) is 29.8 Å². The molecule has 2 rings (SSSR count). The zero-order valence-corrected chi connectivity index (χ0v) is 13.8. The summed E-state index contributed by atoms with van der Waals surface area (Å²) in [6.45, 7) is 7.83. The summed E-state index contributed by atoms with van der Waals surface area (Å²) in [6.07, 6.45) is 5.35. The van der Waals surface area contributed by atoms with Crippen molar-refractivity contribution in [3.63, 3.8) is 0 Å². The van der Waals surface area contributed by atoms with E-state index >= 15 is 0 Å². The number of hydrogen-bond donors (Lipinski definition) is 1. The quantitative estimate of drug-likeness (QED) is 0.830. The van der Waals surface area contributed by atoms with Crippen molar-refractivity contribution < 1.29 is 4.74 Å². The standard InChI is InChI=1S/C18H30N2O/c1-4-16-10-6-7-12-20(16)14-18(19-5-2)15-9-8-11-17(13-15)21-3/h8-9,11,13,16,18-19H,4-7,10,12,14H2,1-3H3. The maximum absolute atomic E-state index is 5.37. The average Bonchev–Trinajstić information content (AvgIpc) is 2.55. The van der Waals surface area contributed by atoms with Crippen molar-refractivity contribution in [2.24, 2.45) is 0 Å². The second kappa shape index (κ2) is 8.40. The normalized spacial score (nSPS) is 21.2. The first-order chi connectivity index (χ1) is 10.3. The molecule has 1 aliphatic rings. The number of methoxy groups -OCH3 is 1. The van der Waals surface area contributed by atoms with E-state index in [-0.39, 0.29) is 0 Å². The number of rotatable bonds is 7. The van der Waals surface area contributed by atoms with Crippen molar-refractivity contribution in [2.75, 3.05) is 26.7 Å². The van der Waals surface area contributed by atoms with E-state index in [4.69, 9.17) is 4.74 Å². The molecule has 2 atom stereocenters. The van der Waals surface area contributed by atoms with Crippen molar-refractivity contribution in [1.29, 1.82) is 0 Å². The molecule has 3 nitrogen and oxygen atoms in total. The predicted molar refractivity (Wildman–Crippen MR) is 88.9 cm³/mol. The number of ether oxygens (including phenoxy) is 1. The van der Waals surface area contributed by atoms with E-state index in [0.29, 0.717) is 6.04 Å². The van der Waals surface area contributed by atoms with Gasteiger partial charge in [-0.05, 0) is 50.0 Å². The Bertz CT molecular complexity index is 421. The van der Waals surface area contributed by atoms with Crippen LogP contribution in [0.25, 0.3) is 0 Å². The molecule has 1 saturated heterocycles. The molecule has 0 aliphatic carbocycles. The summed E-state index contributed by atoms with van der Waals surface area (Å²) in [5.41, 5.74) is 1.33. The first kappa shape index (κ1) is 16.3. The number of hydrogen-bond acceptors (Lipinski definition) is 3. The molecular formula is C18H30N2O. The van der Waals surface area contributed by atoms with Gasteiger partial charge in [0.2, 0.25) is 0 Å². The number of benzene rings is 1. The van der Waals surface area contributed by atoms with Crippen molar-refractivity contribution >= 4 is 0 Å². The Kier molecular flexibility index (Phi) is 6.52. The SMILES string of the molecule is CCNC(CN1CCCCC1CC)c1cccc(OC)c1. The molecule has 0 radical (unpaired) electrons. The Hall–Kier alpha value is -1.06. The van der Waals surface area contributed by atoms with E-state index in [0.717, 1.165) is 24.9 Å². The van der Waals surface area contributed by atoms with Crippen LogP contribution in [0.15, 0.2) is 24.3 Å². The number of piperidine rings is 1. The van der Waals surface area contributed by atoms with Gasteiger partial charge in [0.15, 0.2) is 0 Å². The maximum atomic E-state index is 5.37. The van der Waals surface area contributed by atoms with Crippen LogP contribution in [0, 0.1) is 0 Å². The first-order valence-electron chi connectivity index (χ1n) is 8.39. The molecule has 118 valence electrons. The lowest BCUT2D eigenvalue weighted by atomic mass is 9.97. The largest absolute Gasteiger partial charge is 0.497 e. The fourth-order valence-electron chi connectivity index (χ4n) is 3.39. The zero-order valence-electron chi connectivity index (χ0n) is 13.8. The van der Waals surface area contributed by atoms with E-state index in [1.807, 2.05) is 6.07 Å². The van der Waals surface area contributed by atoms with Crippen LogP contribution in [0.4, 0.5) is 0 Å². The van der Waals surface area contributed by atoms with Crippen LogP contribution in [-0.4, -0.2) is 37.7 Å². The zero-order chi connectivity index (χ0) is 15.1. The van der Waals surface area contributed by atoms with E-state index in [9.17, 15) is 0 Å². The fraction of sp³-hybridized carbons (Fsp3) is 0.667. The van der Waals surface area contributed by atoms with Crippen LogP contribution in [0.2, 0.25) is 0 Å². The summed E-state index contributed by atoms with van der Waals surface area (Å²) in [7, 11) is 1.74. The average molecular weight is 290 g/mol. The third-order valence-electron chi connectivity index (χ3n) is 4.58. The minimum absolute atomic E-state index is 0.386.